The number of carbonyl (C=O) groups is 2. The number of hydrogen-bond acceptors (Lipinski definition) is 2. The van der Waals surface area contributed by atoms with Gasteiger partial charge in [-0.2, -0.15) is 0 Å². The molecule has 1 atom stereocenters. The summed E-state index contributed by atoms with van der Waals surface area (Å²) < 4.78 is 13.1. The molecule has 5 heteroatoms. The van der Waals surface area contributed by atoms with Crippen LogP contribution in [0.4, 0.5) is 10.1 Å². The number of carbonyl (C=O) groups excluding carboxylic acids is 2. The Balaban J connectivity index is 1.82. The number of piperazine rings is 1. The Kier molecular flexibility index (Phi) is 4.83. The second-order valence-electron chi connectivity index (χ2n) is 6.15. The maximum absolute atomic E-state index is 13.1. The average molecular weight is 340 g/mol. The van der Waals surface area contributed by atoms with Gasteiger partial charge in [0.1, 0.15) is 11.9 Å². The number of benzene rings is 2. The molecule has 1 aliphatic rings. The van der Waals surface area contributed by atoms with Crippen LogP contribution in [0.1, 0.15) is 29.8 Å². The number of para-hydroxylation sites is 1. The molecule has 2 aromatic carbocycles. The maximum Gasteiger partial charge on any atom is 0.254 e. The van der Waals surface area contributed by atoms with Crippen molar-refractivity contribution in [2.24, 2.45) is 0 Å². The van der Waals surface area contributed by atoms with Crippen LogP contribution in [0.25, 0.3) is 0 Å². The quantitative estimate of drug-likeness (QED) is 0.860. The zero-order chi connectivity index (χ0) is 18.0. The molecule has 0 N–H and O–H groups in total. The Morgan fingerprint density at radius 3 is 2.48 bits per heavy atom. The lowest BCUT2D eigenvalue weighted by molar-refractivity contribution is -0.124. The molecule has 0 radical (unpaired) electrons. The Labute approximate surface area is 146 Å². The van der Waals surface area contributed by atoms with Gasteiger partial charge in [0, 0.05) is 24.3 Å². The first kappa shape index (κ1) is 17.1. The van der Waals surface area contributed by atoms with Crippen molar-refractivity contribution < 1.29 is 14.0 Å². The molecule has 0 spiro atoms. The number of rotatable bonds is 3. The van der Waals surface area contributed by atoms with E-state index < -0.39 is 6.04 Å². The molecule has 1 aliphatic heterocycles. The van der Waals surface area contributed by atoms with Crippen molar-refractivity contribution in [2.75, 3.05) is 18.0 Å². The van der Waals surface area contributed by atoms with Crippen LogP contribution >= 0.6 is 0 Å². The molecule has 1 unspecified atom stereocenters. The number of amides is 2. The zero-order valence-electron chi connectivity index (χ0n) is 14.4. The van der Waals surface area contributed by atoms with Gasteiger partial charge in [0.25, 0.3) is 5.91 Å². The third kappa shape index (κ3) is 3.27. The summed E-state index contributed by atoms with van der Waals surface area (Å²) in [5, 5.41) is 0. The third-order valence-electron chi connectivity index (χ3n) is 4.67. The molecule has 2 aromatic rings. The topological polar surface area (TPSA) is 40.6 Å². The normalized spacial score (nSPS) is 17.7. The first-order valence-electron chi connectivity index (χ1n) is 8.48. The summed E-state index contributed by atoms with van der Waals surface area (Å²) in [6.07, 6.45) is 0.840. The zero-order valence-corrected chi connectivity index (χ0v) is 14.4. The Hall–Kier alpha value is -2.69. The van der Waals surface area contributed by atoms with E-state index in [4.69, 9.17) is 0 Å². The second-order valence-corrected chi connectivity index (χ2v) is 6.15. The van der Waals surface area contributed by atoms with Gasteiger partial charge in [0.2, 0.25) is 5.91 Å². The minimum Gasteiger partial charge on any atom is -0.325 e. The van der Waals surface area contributed by atoms with Gasteiger partial charge in [0.05, 0.1) is 0 Å². The van der Waals surface area contributed by atoms with Crippen LogP contribution < -0.4 is 4.90 Å². The number of anilines is 1. The molecular formula is C20H21FN2O2. The molecule has 1 saturated heterocycles. The molecule has 0 saturated carbocycles. The molecule has 0 bridgehead atoms. The van der Waals surface area contributed by atoms with Crippen LogP contribution in [-0.4, -0.2) is 35.8 Å². The first-order valence-corrected chi connectivity index (χ1v) is 8.48. The summed E-state index contributed by atoms with van der Waals surface area (Å²) in [5.74, 6) is -0.728. The van der Waals surface area contributed by atoms with Crippen LogP contribution in [0.2, 0.25) is 0 Å². The number of nitrogens with zero attached hydrogens (tertiary/aromatic N) is 2. The Morgan fingerprint density at radius 1 is 1.12 bits per heavy atom. The van der Waals surface area contributed by atoms with E-state index in [-0.39, 0.29) is 17.6 Å². The van der Waals surface area contributed by atoms with Crippen molar-refractivity contribution in [3.05, 3.63) is 65.5 Å². The highest BCUT2D eigenvalue weighted by Crippen LogP contribution is 2.25. The SMILES string of the molecule is CCc1ccccc1N1CCN(C(=O)c2ccc(F)cc2)C(C)C1=O. The van der Waals surface area contributed by atoms with Crippen molar-refractivity contribution in [3.8, 4) is 0 Å². The Morgan fingerprint density at radius 2 is 1.80 bits per heavy atom. The van der Waals surface area contributed by atoms with Gasteiger partial charge in [0.15, 0.2) is 0 Å². The summed E-state index contributed by atoms with van der Waals surface area (Å²) in [6, 6.07) is 12.7. The van der Waals surface area contributed by atoms with Crippen LogP contribution in [0, 0.1) is 5.82 Å². The molecule has 0 aromatic heterocycles. The van der Waals surface area contributed by atoms with Crippen molar-refractivity contribution in [2.45, 2.75) is 26.3 Å². The fraction of sp³-hybridized carbons (Fsp3) is 0.300. The summed E-state index contributed by atoms with van der Waals surface area (Å²) >= 11 is 0. The molecule has 130 valence electrons. The van der Waals surface area contributed by atoms with E-state index in [0.29, 0.717) is 18.7 Å². The molecule has 1 heterocycles. The molecule has 1 fully saturated rings. The lowest BCUT2D eigenvalue weighted by Crippen LogP contribution is -2.58. The molecule has 3 rings (SSSR count). The third-order valence-corrected chi connectivity index (χ3v) is 4.67. The summed E-state index contributed by atoms with van der Waals surface area (Å²) in [7, 11) is 0. The van der Waals surface area contributed by atoms with Gasteiger partial charge < -0.3 is 9.80 Å². The summed E-state index contributed by atoms with van der Waals surface area (Å²) in [4.78, 5) is 28.9. The van der Waals surface area contributed by atoms with E-state index in [1.165, 1.54) is 24.3 Å². The minimum atomic E-state index is -0.559. The minimum absolute atomic E-state index is 0.0948. The van der Waals surface area contributed by atoms with Crippen LogP contribution in [0.3, 0.4) is 0 Å². The van der Waals surface area contributed by atoms with Crippen molar-refractivity contribution in [1.29, 1.82) is 0 Å². The average Bonchev–Trinajstić information content (AvgIpc) is 2.64. The van der Waals surface area contributed by atoms with E-state index in [9.17, 15) is 14.0 Å². The number of hydrogen-bond donors (Lipinski definition) is 0. The fourth-order valence-electron chi connectivity index (χ4n) is 3.22. The largest absolute Gasteiger partial charge is 0.325 e. The molecule has 2 amide bonds. The number of aryl methyl sites for hydroxylation is 1. The smallest absolute Gasteiger partial charge is 0.254 e. The van der Waals surface area contributed by atoms with E-state index in [0.717, 1.165) is 17.7 Å². The van der Waals surface area contributed by atoms with Gasteiger partial charge in [-0.05, 0) is 49.2 Å². The van der Waals surface area contributed by atoms with E-state index in [2.05, 4.69) is 6.92 Å². The standard InChI is InChI=1S/C20H21FN2O2/c1-3-15-6-4-5-7-18(15)23-13-12-22(14(2)19(23)24)20(25)16-8-10-17(21)11-9-16/h4-11,14H,3,12-13H2,1-2H3. The predicted molar refractivity (Wildman–Crippen MR) is 95.1 cm³/mol. The van der Waals surface area contributed by atoms with Gasteiger partial charge in [-0.3, -0.25) is 9.59 Å². The summed E-state index contributed by atoms with van der Waals surface area (Å²) in [6.45, 7) is 4.69. The van der Waals surface area contributed by atoms with Gasteiger partial charge in [-0.1, -0.05) is 25.1 Å². The van der Waals surface area contributed by atoms with E-state index >= 15 is 0 Å². The summed E-state index contributed by atoms with van der Waals surface area (Å²) in [5.41, 5.74) is 2.42. The highest BCUT2D eigenvalue weighted by molar-refractivity contribution is 6.03. The van der Waals surface area contributed by atoms with E-state index in [1.807, 2.05) is 24.3 Å². The highest BCUT2D eigenvalue weighted by Gasteiger charge is 2.35. The van der Waals surface area contributed by atoms with E-state index in [1.54, 1.807) is 16.7 Å². The first-order chi connectivity index (χ1) is 12.0. The van der Waals surface area contributed by atoms with Crippen LogP contribution in [0.5, 0.6) is 0 Å². The van der Waals surface area contributed by atoms with Gasteiger partial charge in [-0.25, -0.2) is 4.39 Å². The lowest BCUT2D eigenvalue weighted by Gasteiger charge is -2.39. The molecule has 0 aliphatic carbocycles. The van der Waals surface area contributed by atoms with Gasteiger partial charge in [-0.15, -0.1) is 0 Å². The Bertz CT molecular complexity index is 789. The monoisotopic (exact) mass is 340 g/mol. The molecule has 4 nitrogen and oxygen atoms in total. The van der Waals surface area contributed by atoms with Crippen LogP contribution in [-0.2, 0) is 11.2 Å². The highest BCUT2D eigenvalue weighted by atomic mass is 19.1. The lowest BCUT2D eigenvalue weighted by atomic mass is 10.1. The van der Waals surface area contributed by atoms with Crippen molar-refractivity contribution in [1.82, 2.24) is 4.90 Å². The predicted octanol–water partition coefficient (Wildman–Crippen LogP) is 3.27. The molecular weight excluding hydrogens is 319 g/mol. The number of halogens is 1. The van der Waals surface area contributed by atoms with Crippen LogP contribution in [0.15, 0.2) is 48.5 Å². The van der Waals surface area contributed by atoms with Crippen molar-refractivity contribution >= 4 is 17.5 Å². The van der Waals surface area contributed by atoms with Crippen molar-refractivity contribution in [3.63, 3.8) is 0 Å². The fourth-order valence-corrected chi connectivity index (χ4v) is 3.22. The molecule has 25 heavy (non-hydrogen) atoms. The second kappa shape index (κ2) is 7.05. The van der Waals surface area contributed by atoms with Gasteiger partial charge >= 0.3 is 0 Å². The maximum atomic E-state index is 13.1.